The molecule has 1 aliphatic carbocycles. The van der Waals surface area contributed by atoms with Crippen LogP contribution in [0.25, 0.3) is 0 Å². The molecule has 0 spiro atoms. The van der Waals surface area contributed by atoms with Gasteiger partial charge in [0.25, 0.3) is 0 Å². The third kappa shape index (κ3) is 2.01. The Kier molecular flexibility index (Phi) is 3.60. The zero-order valence-corrected chi connectivity index (χ0v) is 7.96. The molecule has 1 saturated carbocycles. The average molecular weight is 187 g/mol. The van der Waals surface area contributed by atoms with E-state index in [9.17, 15) is 0 Å². The Balaban J connectivity index is 0.000000720. The molecule has 0 atom stereocenters. The third-order valence-corrected chi connectivity index (χ3v) is 2.52. The molecule has 3 heteroatoms. The van der Waals surface area contributed by atoms with Crippen molar-refractivity contribution in [2.75, 3.05) is 0 Å². The molecular formula is C9H15ClN2. The Bertz CT molecular complexity index is 202. The Morgan fingerprint density at radius 3 is 2.50 bits per heavy atom. The molecule has 0 aliphatic heterocycles. The van der Waals surface area contributed by atoms with Crippen molar-refractivity contribution >= 4 is 12.4 Å². The van der Waals surface area contributed by atoms with Crippen LogP contribution in [0.2, 0.25) is 0 Å². The van der Waals surface area contributed by atoms with Gasteiger partial charge in [-0.3, -0.25) is 0 Å². The van der Waals surface area contributed by atoms with Crippen LogP contribution in [-0.4, -0.2) is 9.55 Å². The lowest BCUT2D eigenvalue weighted by atomic mass is 9.95. The summed E-state index contributed by atoms with van der Waals surface area (Å²) in [5, 5.41) is 0. The molecule has 0 bridgehead atoms. The molecule has 0 saturated heterocycles. The second-order valence-electron chi connectivity index (χ2n) is 3.30. The van der Waals surface area contributed by atoms with E-state index in [1.54, 1.807) is 0 Å². The van der Waals surface area contributed by atoms with Gasteiger partial charge in [0.1, 0.15) is 0 Å². The van der Waals surface area contributed by atoms with Crippen LogP contribution < -0.4 is 0 Å². The van der Waals surface area contributed by atoms with Crippen LogP contribution in [-0.2, 0) is 0 Å². The second-order valence-corrected chi connectivity index (χ2v) is 3.30. The summed E-state index contributed by atoms with van der Waals surface area (Å²) in [7, 11) is 0. The summed E-state index contributed by atoms with van der Waals surface area (Å²) in [6.45, 7) is 0. The summed E-state index contributed by atoms with van der Waals surface area (Å²) in [5.74, 6) is 0. The van der Waals surface area contributed by atoms with Gasteiger partial charge in [0.2, 0.25) is 0 Å². The predicted octanol–water partition coefficient (Wildman–Crippen LogP) is 2.81. The Labute approximate surface area is 79.4 Å². The van der Waals surface area contributed by atoms with Gasteiger partial charge < -0.3 is 4.57 Å². The Morgan fingerprint density at radius 2 is 1.92 bits per heavy atom. The highest BCUT2D eigenvalue weighted by atomic mass is 35.5. The van der Waals surface area contributed by atoms with E-state index in [0.29, 0.717) is 0 Å². The van der Waals surface area contributed by atoms with E-state index in [4.69, 9.17) is 0 Å². The summed E-state index contributed by atoms with van der Waals surface area (Å²) in [6, 6.07) is 0.742. The van der Waals surface area contributed by atoms with E-state index in [2.05, 4.69) is 15.7 Å². The van der Waals surface area contributed by atoms with Gasteiger partial charge in [-0.15, -0.1) is 12.4 Å². The molecule has 1 aromatic rings. The van der Waals surface area contributed by atoms with Crippen molar-refractivity contribution in [1.82, 2.24) is 9.55 Å². The number of hydrogen-bond acceptors (Lipinski definition) is 1. The first kappa shape index (κ1) is 9.59. The minimum absolute atomic E-state index is 0. The molecule has 1 heterocycles. The molecular weight excluding hydrogens is 172 g/mol. The van der Waals surface area contributed by atoms with Crippen molar-refractivity contribution in [1.29, 1.82) is 0 Å². The lowest BCUT2D eigenvalue weighted by Gasteiger charge is -2.22. The lowest BCUT2D eigenvalue weighted by molar-refractivity contribution is 0.353. The van der Waals surface area contributed by atoms with Gasteiger partial charge in [0.15, 0.2) is 0 Å². The summed E-state index contributed by atoms with van der Waals surface area (Å²) in [4.78, 5) is 4.06. The van der Waals surface area contributed by atoms with Gasteiger partial charge in [-0.25, -0.2) is 4.98 Å². The molecule has 0 N–H and O–H groups in total. The number of imidazole rings is 1. The quantitative estimate of drug-likeness (QED) is 0.660. The van der Waals surface area contributed by atoms with E-state index in [0.717, 1.165) is 6.04 Å². The highest BCUT2D eigenvalue weighted by molar-refractivity contribution is 5.85. The number of aromatic nitrogens is 2. The summed E-state index contributed by atoms with van der Waals surface area (Å²) < 4.78 is 2.25. The molecule has 12 heavy (non-hydrogen) atoms. The molecule has 2 rings (SSSR count). The van der Waals surface area contributed by atoms with Gasteiger partial charge in [-0.1, -0.05) is 19.3 Å². The molecule has 0 amide bonds. The van der Waals surface area contributed by atoms with Crippen LogP contribution in [0.4, 0.5) is 0 Å². The first-order chi connectivity index (χ1) is 5.47. The largest absolute Gasteiger partial charge is 0.334 e. The van der Waals surface area contributed by atoms with Gasteiger partial charge in [-0.05, 0) is 12.8 Å². The maximum Gasteiger partial charge on any atom is 0.0948 e. The Hall–Kier alpha value is -0.500. The fourth-order valence-corrected chi connectivity index (χ4v) is 1.86. The smallest absolute Gasteiger partial charge is 0.0948 e. The predicted molar refractivity (Wildman–Crippen MR) is 51.6 cm³/mol. The number of halogens is 1. The normalized spacial score (nSPS) is 18.7. The van der Waals surface area contributed by atoms with E-state index in [1.807, 2.05) is 12.5 Å². The van der Waals surface area contributed by atoms with Crippen LogP contribution in [0.1, 0.15) is 38.1 Å². The molecule has 1 aromatic heterocycles. The topological polar surface area (TPSA) is 17.8 Å². The maximum absolute atomic E-state index is 4.06. The fourth-order valence-electron chi connectivity index (χ4n) is 1.86. The molecule has 0 radical (unpaired) electrons. The van der Waals surface area contributed by atoms with E-state index >= 15 is 0 Å². The highest BCUT2D eigenvalue weighted by Crippen LogP contribution is 2.27. The van der Waals surface area contributed by atoms with Crippen molar-refractivity contribution in [2.24, 2.45) is 0 Å². The van der Waals surface area contributed by atoms with Crippen molar-refractivity contribution in [2.45, 2.75) is 38.1 Å². The first-order valence-corrected chi connectivity index (χ1v) is 4.44. The van der Waals surface area contributed by atoms with Crippen molar-refractivity contribution < 1.29 is 0 Å². The minimum atomic E-state index is 0. The van der Waals surface area contributed by atoms with Crippen LogP contribution in [0.3, 0.4) is 0 Å². The molecule has 0 aromatic carbocycles. The van der Waals surface area contributed by atoms with Gasteiger partial charge >= 0.3 is 0 Å². The SMILES string of the molecule is Cl.c1cn(C2CCCCC2)cn1. The maximum atomic E-state index is 4.06. The summed E-state index contributed by atoms with van der Waals surface area (Å²) >= 11 is 0. The average Bonchev–Trinajstić information content (AvgIpc) is 2.58. The van der Waals surface area contributed by atoms with Crippen LogP contribution >= 0.6 is 12.4 Å². The molecule has 0 unspecified atom stereocenters. The standard InChI is InChI=1S/C9H14N2.ClH/c1-2-4-9(5-3-1)11-7-6-10-8-11;/h6-9H,1-5H2;1H. The third-order valence-electron chi connectivity index (χ3n) is 2.52. The molecule has 1 fully saturated rings. The van der Waals surface area contributed by atoms with Gasteiger partial charge in [0, 0.05) is 18.4 Å². The monoisotopic (exact) mass is 186 g/mol. The van der Waals surface area contributed by atoms with Crippen molar-refractivity contribution in [3.05, 3.63) is 18.7 Å². The van der Waals surface area contributed by atoms with E-state index < -0.39 is 0 Å². The highest BCUT2D eigenvalue weighted by Gasteiger charge is 2.13. The molecule has 1 aliphatic rings. The van der Waals surface area contributed by atoms with Crippen LogP contribution in [0.5, 0.6) is 0 Å². The fraction of sp³-hybridized carbons (Fsp3) is 0.667. The van der Waals surface area contributed by atoms with Crippen molar-refractivity contribution in [3.63, 3.8) is 0 Å². The van der Waals surface area contributed by atoms with Crippen LogP contribution in [0.15, 0.2) is 18.7 Å². The zero-order valence-electron chi connectivity index (χ0n) is 7.15. The van der Waals surface area contributed by atoms with Crippen molar-refractivity contribution in [3.8, 4) is 0 Å². The van der Waals surface area contributed by atoms with Gasteiger partial charge in [0.05, 0.1) is 6.33 Å². The second kappa shape index (κ2) is 4.51. The van der Waals surface area contributed by atoms with E-state index in [1.165, 1.54) is 32.1 Å². The first-order valence-electron chi connectivity index (χ1n) is 4.44. The number of nitrogens with zero attached hydrogens (tertiary/aromatic N) is 2. The van der Waals surface area contributed by atoms with Crippen LogP contribution in [0, 0.1) is 0 Å². The number of hydrogen-bond donors (Lipinski definition) is 0. The number of rotatable bonds is 1. The lowest BCUT2D eigenvalue weighted by Crippen LogP contribution is -2.10. The summed E-state index contributed by atoms with van der Waals surface area (Å²) in [6.07, 6.45) is 12.8. The minimum Gasteiger partial charge on any atom is -0.334 e. The molecule has 68 valence electrons. The Morgan fingerprint density at radius 1 is 1.17 bits per heavy atom. The molecule has 2 nitrogen and oxygen atoms in total. The van der Waals surface area contributed by atoms with E-state index in [-0.39, 0.29) is 12.4 Å². The summed E-state index contributed by atoms with van der Waals surface area (Å²) in [5.41, 5.74) is 0. The van der Waals surface area contributed by atoms with Gasteiger partial charge in [-0.2, -0.15) is 0 Å². The zero-order chi connectivity index (χ0) is 7.52.